The van der Waals surface area contributed by atoms with E-state index in [1.807, 2.05) is 11.0 Å². The van der Waals surface area contributed by atoms with E-state index in [0.717, 1.165) is 61.3 Å². The first-order valence-electron chi connectivity index (χ1n) is 11.9. The number of aliphatic hydroxyl groups is 1. The fourth-order valence-electron chi connectivity index (χ4n) is 5.55. The summed E-state index contributed by atoms with van der Waals surface area (Å²) in [5.41, 5.74) is 5.63. The van der Waals surface area contributed by atoms with E-state index in [9.17, 15) is 5.11 Å². The molecule has 4 atom stereocenters. The van der Waals surface area contributed by atoms with Crippen molar-refractivity contribution in [3.05, 3.63) is 59.4 Å². The Morgan fingerprint density at radius 3 is 2.73 bits per heavy atom. The second-order valence-electron chi connectivity index (χ2n) is 9.18. The van der Waals surface area contributed by atoms with Gasteiger partial charge in [-0.1, -0.05) is 30.3 Å². The number of rotatable bonds is 6. The molecule has 2 aliphatic heterocycles. The number of nitrogens with zero attached hydrogens (tertiary/aromatic N) is 3. The predicted molar refractivity (Wildman–Crippen MR) is 130 cm³/mol. The number of fused-ring (bicyclic) bond motifs is 3. The maximum absolute atomic E-state index is 10.6. The maximum atomic E-state index is 10.6. The fourth-order valence-corrected chi connectivity index (χ4v) is 5.55. The van der Waals surface area contributed by atoms with E-state index in [4.69, 9.17) is 14.5 Å². The van der Waals surface area contributed by atoms with E-state index in [0.29, 0.717) is 0 Å². The van der Waals surface area contributed by atoms with Crippen LogP contribution in [0.2, 0.25) is 0 Å². The van der Waals surface area contributed by atoms with Crippen LogP contribution in [0.1, 0.15) is 42.8 Å². The lowest BCUT2D eigenvalue weighted by atomic mass is 9.95. The lowest BCUT2D eigenvalue weighted by Gasteiger charge is -2.39. The monoisotopic (exact) mass is 450 g/mol. The number of imidazole rings is 1. The molecule has 2 aromatic carbocycles. The summed E-state index contributed by atoms with van der Waals surface area (Å²) in [4.78, 5) is 7.22. The highest BCUT2D eigenvalue weighted by molar-refractivity contribution is 5.86. The van der Waals surface area contributed by atoms with Gasteiger partial charge in [-0.2, -0.15) is 0 Å². The normalized spacial score (nSPS) is 24.1. The van der Waals surface area contributed by atoms with E-state index >= 15 is 0 Å². The highest BCUT2D eigenvalue weighted by Gasteiger charge is 2.33. The number of ether oxygens (including phenoxy) is 2. The number of aliphatic hydroxyl groups excluding tert-OH is 1. The van der Waals surface area contributed by atoms with Gasteiger partial charge in [-0.3, -0.25) is 0 Å². The van der Waals surface area contributed by atoms with Gasteiger partial charge in [0.15, 0.2) is 0 Å². The van der Waals surface area contributed by atoms with Gasteiger partial charge in [0.05, 0.1) is 23.2 Å². The zero-order valence-corrected chi connectivity index (χ0v) is 19.7. The van der Waals surface area contributed by atoms with Gasteiger partial charge in [-0.05, 0) is 50.4 Å². The number of aryl methyl sites for hydroxylation is 1. The van der Waals surface area contributed by atoms with Crippen LogP contribution in [0, 0.1) is 0 Å². The molecular weight excluding hydrogens is 416 g/mol. The number of benzene rings is 2. The average Bonchev–Trinajstić information content (AvgIpc) is 3.21. The Bertz CT molecular complexity index is 1100. The van der Waals surface area contributed by atoms with Crippen molar-refractivity contribution in [3.63, 3.8) is 0 Å². The minimum Gasteiger partial charge on any atom is -0.378 e. The Hall–Kier alpha value is -2.45. The van der Waals surface area contributed by atoms with Crippen LogP contribution in [0.5, 0.6) is 0 Å². The highest BCUT2D eigenvalue weighted by atomic mass is 16.6. The number of hydrogen-bond donors (Lipinski definition) is 2. The van der Waals surface area contributed by atoms with Gasteiger partial charge in [0.1, 0.15) is 5.82 Å². The number of hydrogen-bond acceptors (Lipinski definition) is 6. The molecule has 7 heteroatoms. The van der Waals surface area contributed by atoms with Crippen molar-refractivity contribution in [2.24, 2.45) is 0 Å². The molecule has 1 unspecified atom stereocenters. The van der Waals surface area contributed by atoms with Crippen LogP contribution in [-0.4, -0.2) is 60.5 Å². The number of piperidine rings is 1. The molecule has 0 saturated carbocycles. The van der Waals surface area contributed by atoms with E-state index in [2.05, 4.69) is 53.2 Å². The molecule has 0 radical (unpaired) electrons. The molecule has 0 spiro atoms. The Morgan fingerprint density at radius 1 is 1.15 bits per heavy atom. The molecule has 5 rings (SSSR count). The van der Waals surface area contributed by atoms with E-state index in [-0.39, 0.29) is 18.2 Å². The third-order valence-corrected chi connectivity index (χ3v) is 7.26. The third-order valence-electron chi connectivity index (χ3n) is 7.26. The number of methoxy groups -OCH3 is 2. The van der Waals surface area contributed by atoms with Crippen LogP contribution >= 0.6 is 0 Å². The molecule has 2 aliphatic rings. The van der Waals surface area contributed by atoms with Crippen LogP contribution in [0.3, 0.4) is 0 Å². The van der Waals surface area contributed by atoms with Gasteiger partial charge >= 0.3 is 0 Å². The van der Waals surface area contributed by atoms with Crippen LogP contribution in [0.4, 0.5) is 5.69 Å². The van der Waals surface area contributed by atoms with Crippen LogP contribution < -0.4 is 10.2 Å². The second-order valence-corrected chi connectivity index (χ2v) is 9.18. The standard InChI is InChI=1S/C26H34N4O3/c1-17-9-10-19-20(29(17)26(31)33-3)11-12-22-25(19)28-24(15-18-7-5-4-6-8-18)30(22)21-13-14-27-16-23(21)32-2/h4-8,11-12,17,21,23,26-27,31H,9-10,13-16H2,1-3H3/t17-,21+,23-,26?/m0/s1. The largest absolute Gasteiger partial charge is 0.378 e. The summed E-state index contributed by atoms with van der Waals surface area (Å²) >= 11 is 0. The summed E-state index contributed by atoms with van der Waals surface area (Å²) < 4.78 is 13.6. The van der Waals surface area contributed by atoms with Gasteiger partial charge in [0, 0.05) is 44.5 Å². The molecule has 0 amide bonds. The smallest absolute Gasteiger partial charge is 0.237 e. The van der Waals surface area contributed by atoms with E-state index < -0.39 is 6.41 Å². The molecule has 1 aromatic heterocycles. The minimum atomic E-state index is -0.968. The minimum absolute atomic E-state index is 0.0912. The Morgan fingerprint density at radius 2 is 1.97 bits per heavy atom. The molecule has 0 aliphatic carbocycles. The molecule has 3 aromatic rings. The fraction of sp³-hybridized carbons (Fsp3) is 0.500. The van der Waals surface area contributed by atoms with Crippen molar-refractivity contribution in [2.75, 3.05) is 32.2 Å². The van der Waals surface area contributed by atoms with Crippen molar-refractivity contribution >= 4 is 16.7 Å². The van der Waals surface area contributed by atoms with E-state index in [1.54, 1.807) is 14.2 Å². The van der Waals surface area contributed by atoms with Crippen LogP contribution in [0.25, 0.3) is 11.0 Å². The molecule has 1 fully saturated rings. The van der Waals surface area contributed by atoms with Crippen LogP contribution in [0.15, 0.2) is 42.5 Å². The van der Waals surface area contributed by atoms with Crippen molar-refractivity contribution in [1.29, 1.82) is 0 Å². The Kier molecular flexibility index (Phi) is 6.38. The third kappa shape index (κ3) is 4.04. The van der Waals surface area contributed by atoms with Gasteiger partial charge in [-0.25, -0.2) is 4.98 Å². The molecular formula is C26H34N4O3. The first kappa shape index (κ1) is 22.3. The van der Waals surface area contributed by atoms with Crippen molar-refractivity contribution < 1.29 is 14.6 Å². The summed E-state index contributed by atoms with van der Waals surface area (Å²) in [6.07, 6.45) is 2.77. The lowest BCUT2D eigenvalue weighted by molar-refractivity contribution is -0.0794. The molecule has 33 heavy (non-hydrogen) atoms. The molecule has 1 saturated heterocycles. The zero-order chi connectivity index (χ0) is 22.9. The number of nitrogens with one attached hydrogen (secondary N) is 1. The summed E-state index contributed by atoms with van der Waals surface area (Å²) in [7, 11) is 3.34. The quantitative estimate of drug-likeness (QED) is 0.562. The summed E-state index contributed by atoms with van der Waals surface area (Å²) in [6.45, 7) is 3.93. The second kappa shape index (κ2) is 9.43. The summed E-state index contributed by atoms with van der Waals surface area (Å²) in [6, 6.07) is 15.2. The Balaban J connectivity index is 1.67. The lowest BCUT2D eigenvalue weighted by Crippen LogP contribution is -2.46. The first-order chi connectivity index (χ1) is 16.1. The van der Waals surface area contributed by atoms with Crippen molar-refractivity contribution in [3.8, 4) is 0 Å². The molecule has 176 valence electrons. The topological polar surface area (TPSA) is 71.8 Å². The molecule has 3 heterocycles. The highest BCUT2D eigenvalue weighted by Crippen LogP contribution is 2.39. The van der Waals surface area contributed by atoms with Crippen molar-refractivity contribution in [1.82, 2.24) is 14.9 Å². The van der Waals surface area contributed by atoms with Gasteiger partial charge in [0.25, 0.3) is 0 Å². The van der Waals surface area contributed by atoms with Gasteiger partial charge in [-0.15, -0.1) is 0 Å². The summed E-state index contributed by atoms with van der Waals surface area (Å²) in [5, 5.41) is 14.0. The van der Waals surface area contributed by atoms with Gasteiger partial charge in [0.2, 0.25) is 6.41 Å². The number of aromatic nitrogens is 2. The molecule has 2 N–H and O–H groups in total. The maximum Gasteiger partial charge on any atom is 0.237 e. The average molecular weight is 451 g/mol. The zero-order valence-electron chi connectivity index (χ0n) is 19.7. The van der Waals surface area contributed by atoms with E-state index in [1.165, 1.54) is 11.1 Å². The van der Waals surface area contributed by atoms with Gasteiger partial charge < -0.3 is 29.4 Å². The first-order valence-corrected chi connectivity index (χ1v) is 11.9. The SMILES string of the molecule is COC(O)N1c2ccc3c(nc(Cc4ccccc4)n3[C@@H]3CCNC[C@@H]3OC)c2CC[C@@H]1C. The predicted octanol–water partition coefficient (Wildman–Crippen LogP) is 3.24. The van der Waals surface area contributed by atoms with Crippen LogP contribution in [-0.2, 0) is 22.3 Å². The van der Waals surface area contributed by atoms with Crippen molar-refractivity contribution in [2.45, 2.75) is 57.2 Å². The molecule has 7 nitrogen and oxygen atoms in total. The summed E-state index contributed by atoms with van der Waals surface area (Å²) in [5.74, 6) is 1.07. The molecule has 0 bridgehead atoms. The number of anilines is 1. The Labute approximate surface area is 195 Å².